The summed E-state index contributed by atoms with van der Waals surface area (Å²) in [6.45, 7) is 4.95. The van der Waals surface area contributed by atoms with Gasteiger partial charge in [0.1, 0.15) is 5.72 Å². The smallest absolute Gasteiger partial charge is 0.113 e. The molecule has 2 heteroatoms. The Morgan fingerprint density at radius 2 is 1.94 bits per heavy atom. The molecular weight excluding hydrogens is 222 g/mol. The van der Waals surface area contributed by atoms with Crippen LogP contribution in [0.15, 0.2) is 42.5 Å². The highest BCUT2D eigenvalue weighted by Crippen LogP contribution is 2.20. The van der Waals surface area contributed by atoms with Gasteiger partial charge in [-0.1, -0.05) is 42.5 Å². The van der Waals surface area contributed by atoms with Crippen LogP contribution in [0.3, 0.4) is 0 Å². The van der Waals surface area contributed by atoms with E-state index < -0.39 is 0 Å². The maximum Gasteiger partial charge on any atom is 0.113 e. The lowest BCUT2D eigenvalue weighted by Gasteiger charge is -2.18. The number of fused-ring (bicyclic) bond motifs is 1. The summed E-state index contributed by atoms with van der Waals surface area (Å²) in [6.07, 6.45) is 1.02. The molecule has 1 aliphatic heterocycles. The number of hydrogen-bond donors (Lipinski definition) is 1. The molecule has 1 fully saturated rings. The molecule has 0 radical (unpaired) electrons. The number of ether oxygens (including phenoxy) is 1. The van der Waals surface area contributed by atoms with E-state index in [0.717, 1.165) is 13.0 Å². The van der Waals surface area contributed by atoms with Crippen molar-refractivity contribution in [3.05, 3.63) is 48.0 Å². The Labute approximate surface area is 108 Å². The molecule has 0 amide bonds. The van der Waals surface area contributed by atoms with Crippen molar-refractivity contribution in [1.82, 2.24) is 5.32 Å². The van der Waals surface area contributed by atoms with Gasteiger partial charge in [0, 0.05) is 6.04 Å². The summed E-state index contributed by atoms with van der Waals surface area (Å²) in [7, 11) is 0. The summed E-state index contributed by atoms with van der Waals surface area (Å²) < 4.78 is 5.70. The molecule has 18 heavy (non-hydrogen) atoms. The third-order valence-corrected chi connectivity index (χ3v) is 3.49. The van der Waals surface area contributed by atoms with Crippen LogP contribution in [0.2, 0.25) is 0 Å². The fourth-order valence-electron chi connectivity index (χ4n) is 2.64. The molecular formula is C16H19NO. The zero-order valence-electron chi connectivity index (χ0n) is 10.9. The molecule has 0 unspecified atom stereocenters. The van der Waals surface area contributed by atoms with Gasteiger partial charge in [-0.25, -0.2) is 0 Å². The lowest BCUT2D eigenvalue weighted by Crippen LogP contribution is -2.39. The van der Waals surface area contributed by atoms with E-state index in [9.17, 15) is 0 Å². The minimum absolute atomic E-state index is 0.179. The topological polar surface area (TPSA) is 21.3 Å². The van der Waals surface area contributed by atoms with E-state index in [1.807, 2.05) is 0 Å². The summed E-state index contributed by atoms with van der Waals surface area (Å²) >= 11 is 0. The second-order valence-corrected chi connectivity index (χ2v) is 5.55. The maximum atomic E-state index is 5.70. The van der Waals surface area contributed by atoms with E-state index in [1.54, 1.807) is 0 Å². The Hall–Kier alpha value is -1.38. The van der Waals surface area contributed by atoms with E-state index >= 15 is 0 Å². The van der Waals surface area contributed by atoms with Crippen LogP contribution in [0.25, 0.3) is 10.8 Å². The van der Waals surface area contributed by atoms with Crippen LogP contribution >= 0.6 is 0 Å². The first-order chi connectivity index (χ1) is 8.62. The lowest BCUT2D eigenvalue weighted by atomic mass is 10.0. The molecule has 2 nitrogen and oxygen atoms in total. The first-order valence-corrected chi connectivity index (χ1v) is 6.52. The van der Waals surface area contributed by atoms with Crippen molar-refractivity contribution in [2.24, 2.45) is 0 Å². The molecule has 0 aliphatic carbocycles. The molecule has 0 spiro atoms. The Morgan fingerprint density at radius 3 is 2.67 bits per heavy atom. The summed E-state index contributed by atoms with van der Waals surface area (Å²) in [5, 5.41) is 6.12. The largest absolute Gasteiger partial charge is 0.360 e. The molecule has 94 valence electrons. The highest BCUT2D eigenvalue weighted by Gasteiger charge is 2.30. The van der Waals surface area contributed by atoms with Crippen LogP contribution in [-0.4, -0.2) is 18.4 Å². The van der Waals surface area contributed by atoms with Gasteiger partial charge in [0.2, 0.25) is 0 Å². The van der Waals surface area contributed by atoms with Crippen LogP contribution in [-0.2, 0) is 11.2 Å². The standard InChI is InChI=1S/C16H19NO/c1-16(2)17-15(11-18-16)10-12-7-8-13-5-3-4-6-14(13)9-12/h3-9,15,17H,10-11H2,1-2H3/t15-/m0/s1. The van der Waals surface area contributed by atoms with Crippen LogP contribution in [0, 0.1) is 0 Å². The number of rotatable bonds is 2. The first kappa shape index (κ1) is 11.7. The zero-order valence-corrected chi connectivity index (χ0v) is 10.9. The van der Waals surface area contributed by atoms with E-state index in [1.165, 1.54) is 16.3 Å². The van der Waals surface area contributed by atoms with Gasteiger partial charge in [-0.3, -0.25) is 5.32 Å². The van der Waals surface area contributed by atoms with Crippen molar-refractivity contribution in [2.45, 2.75) is 32.0 Å². The van der Waals surface area contributed by atoms with Gasteiger partial charge in [-0.2, -0.15) is 0 Å². The minimum atomic E-state index is -0.179. The van der Waals surface area contributed by atoms with Gasteiger partial charge in [-0.15, -0.1) is 0 Å². The quantitative estimate of drug-likeness (QED) is 0.872. The molecule has 1 saturated heterocycles. The van der Waals surface area contributed by atoms with Crippen molar-refractivity contribution in [3.8, 4) is 0 Å². The van der Waals surface area contributed by atoms with E-state index in [-0.39, 0.29) is 5.72 Å². The molecule has 1 heterocycles. The van der Waals surface area contributed by atoms with Crippen LogP contribution in [0.1, 0.15) is 19.4 Å². The number of nitrogens with one attached hydrogen (secondary N) is 1. The SMILES string of the molecule is CC1(C)N[C@@H](Cc2ccc3ccccc3c2)CO1. The van der Waals surface area contributed by atoms with Gasteiger partial charge < -0.3 is 4.74 Å². The highest BCUT2D eigenvalue weighted by molar-refractivity contribution is 5.82. The fraction of sp³-hybridized carbons (Fsp3) is 0.375. The average molecular weight is 241 g/mol. The Kier molecular flexibility index (Phi) is 2.84. The molecule has 0 bridgehead atoms. The predicted octanol–water partition coefficient (Wildman–Crippen LogP) is 3.11. The van der Waals surface area contributed by atoms with E-state index in [4.69, 9.17) is 4.74 Å². The lowest BCUT2D eigenvalue weighted by molar-refractivity contribution is 0.0231. The third kappa shape index (κ3) is 2.40. The van der Waals surface area contributed by atoms with Crippen molar-refractivity contribution < 1.29 is 4.74 Å². The molecule has 1 aliphatic rings. The Morgan fingerprint density at radius 1 is 1.17 bits per heavy atom. The number of benzene rings is 2. The predicted molar refractivity (Wildman–Crippen MR) is 74.6 cm³/mol. The second-order valence-electron chi connectivity index (χ2n) is 5.55. The maximum absolute atomic E-state index is 5.70. The summed E-state index contributed by atoms with van der Waals surface area (Å²) in [6, 6.07) is 15.6. The van der Waals surface area contributed by atoms with Crippen molar-refractivity contribution in [2.75, 3.05) is 6.61 Å². The molecule has 1 atom stereocenters. The Bertz CT molecular complexity index is 562. The van der Waals surface area contributed by atoms with Crippen LogP contribution < -0.4 is 5.32 Å². The Balaban J connectivity index is 1.79. The van der Waals surface area contributed by atoms with Crippen LogP contribution in [0.4, 0.5) is 0 Å². The zero-order chi connectivity index (χ0) is 12.6. The van der Waals surface area contributed by atoms with Gasteiger partial charge in [0.15, 0.2) is 0 Å². The van der Waals surface area contributed by atoms with Gasteiger partial charge in [-0.05, 0) is 36.6 Å². The molecule has 0 aromatic heterocycles. The summed E-state index contributed by atoms with van der Waals surface area (Å²) in [5.41, 5.74) is 1.19. The number of hydrogen-bond acceptors (Lipinski definition) is 2. The van der Waals surface area contributed by atoms with E-state index in [0.29, 0.717) is 6.04 Å². The molecule has 3 rings (SSSR count). The average Bonchev–Trinajstić information content (AvgIpc) is 2.68. The summed E-state index contributed by atoms with van der Waals surface area (Å²) in [4.78, 5) is 0. The van der Waals surface area contributed by atoms with Crippen LogP contribution in [0.5, 0.6) is 0 Å². The van der Waals surface area contributed by atoms with Gasteiger partial charge in [0.25, 0.3) is 0 Å². The molecule has 1 N–H and O–H groups in total. The molecule has 2 aromatic carbocycles. The van der Waals surface area contributed by atoms with Crippen molar-refractivity contribution >= 4 is 10.8 Å². The third-order valence-electron chi connectivity index (χ3n) is 3.49. The van der Waals surface area contributed by atoms with Gasteiger partial charge in [0.05, 0.1) is 6.61 Å². The molecule has 2 aromatic rings. The first-order valence-electron chi connectivity index (χ1n) is 6.52. The normalized spacial score (nSPS) is 22.4. The van der Waals surface area contributed by atoms with E-state index in [2.05, 4.69) is 61.6 Å². The van der Waals surface area contributed by atoms with Crippen molar-refractivity contribution in [3.63, 3.8) is 0 Å². The monoisotopic (exact) mass is 241 g/mol. The highest BCUT2D eigenvalue weighted by atomic mass is 16.5. The summed E-state index contributed by atoms with van der Waals surface area (Å²) in [5.74, 6) is 0. The molecule has 0 saturated carbocycles. The van der Waals surface area contributed by atoms with Crippen molar-refractivity contribution in [1.29, 1.82) is 0 Å². The minimum Gasteiger partial charge on any atom is -0.360 e. The second kappa shape index (κ2) is 4.38. The van der Waals surface area contributed by atoms with Gasteiger partial charge >= 0.3 is 0 Å². The fourth-order valence-corrected chi connectivity index (χ4v) is 2.64.